The first-order valence-electron chi connectivity index (χ1n) is 4.98. The molecule has 0 saturated heterocycles. The van der Waals surface area contributed by atoms with E-state index in [0.717, 1.165) is 17.1 Å². The van der Waals surface area contributed by atoms with Crippen LogP contribution in [0.25, 0.3) is 0 Å². The summed E-state index contributed by atoms with van der Waals surface area (Å²) in [5, 5.41) is 0. The Morgan fingerprint density at radius 2 is 1.93 bits per heavy atom. The van der Waals surface area contributed by atoms with Gasteiger partial charge in [-0.3, -0.25) is 0 Å². The van der Waals surface area contributed by atoms with Crippen LogP contribution in [-0.2, 0) is 0 Å². The minimum atomic E-state index is -0.0981. The SMILES string of the molecule is CC(C)(N)CSCC#Cc1ccccc1. The van der Waals surface area contributed by atoms with Gasteiger partial charge < -0.3 is 5.73 Å². The molecule has 0 amide bonds. The van der Waals surface area contributed by atoms with Crippen molar-refractivity contribution in [2.24, 2.45) is 5.73 Å². The van der Waals surface area contributed by atoms with E-state index in [9.17, 15) is 0 Å². The molecule has 1 nitrogen and oxygen atoms in total. The molecule has 1 aromatic rings. The summed E-state index contributed by atoms with van der Waals surface area (Å²) in [5.74, 6) is 8.03. The van der Waals surface area contributed by atoms with Crippen LogP contribution in [0.2, 0.25) is 0 Å². The number of benzene rings is 1. The van der Waals surface area contributed by atoms with Gasteiger partial charge in [-0.25, -0.2) is 0 Å². The summed E-state index contributed by atoms with van der Waals surface area (Å²) in [6.45, 7) is 4.06. The molecule has 15 heavy (non-hydrogen) atoms. The van der Waals surface area contributed by atoms with Crippen molar-refractivity contribution >= 4 is 11.8 Å². The highest BCUT2D eigenvalue weighted by molar-refractivity contribution is 7.99. The summed E-state index contributed by atoms with van der Waals surface area (Å²) >= 11 is 1.78. The minimum Gasteiger partial charge on any atom is -0.325 e. The van der Waals surface area contributed by atoms with Crippen LogP contribution in [0.4, 0.5) is 0 Å². The maximum absolute atomic E-state index is 5.86. The molecular weight excluding hydrogens is 202 g/mol. The lowest BCUT2D eigenvalue weighted by Gasteiger charge is -2.16. The van der Waals surface area contributed by atoms with Gasteiger partial charge in [-0.1, -0.05) is 30.0 Å². The fourth-order valence-corrected chi connectivity index (χ4v) is 1.83. The van der Waals surface area contributed by atoms with Gasteiger partial charge in [-0.05, 0) is 26.0 Å². The predicted octanol–water partition coefficient (Wildman–Crippen LogP) is 2.51. The summed E-state index contributed by atoms with van der Waals surface area (Å²) in [5.41, 5.74) is 6.84. The Balaban J connectivity index is 2.30. The van der Waals surface area contributed by atoms with Gasteiger partial charge >= 0.3 is 0 Å². The van der Waals surface area contributed by atoms with Crippen molar-refractivity contribution in [3.63, 3.8) is 0 Å². The maximum atomic E-state index is 5.86. The van der Waals surface area contributed by atoms with Gasteiger partial charge in [0.05, 0.1) is 5.75 Å². The molecule has 2 N–H and O–H groups in total. The Morgan fingerprint density at radius 3 is 2.53 bits per heavy atom. The molecule has 0 atom stereocenters. The average molecular weight is 219 g/mol. The molecule has 0 radical (unpaired) electrons. The highest BCUT2D eigenvalue weighted by Crippen LogP contribution is 2.08. The predicted molar refractivity (Wildman–Crippen MR) is 68.9 cm³/mol. The van der Waals surface area contributed by atoms with Crippen molar-refractivity contribution in [2.75, 3.05) is 11.5 Å². The topological polar surface area (TPSA) is 26.0 Å². The minimum absolute atomic E-state index is 0.0981. The molecular formula is C13H17NS. The molecule has 80 valence electrons. The average Bonchev–Trinajstić information content (AvgIpc) is 2.17. The molecule has 0 bridgehead atoms. The standard InChI is InChI=1S/C13H17NS/c1-13(2,14)11-15-10-6-9-12-7-4-3-5-8-12/h3-5,7-8H,10-11,14H2,1-2H3. The molecule has 0 fully saturated rings. The van der Waals surface area contributed by atoms with Crippen molar-refractivity contribution in [3.8, 4) is 11.8 Å². The zero-order valence-electron chi connectivity index (χ0n) is 9.29. The quantitative estimate of drug-likeness (QED) is 0.624. The maximum Gasteiger partial charge on any atom is 0.0551 e. The van der Waals surface area contributed by atoms with E-state index in [0.29, 0.717) is 0 Å². The lowest BCUT2D eigenvalue weighted by molar-refractivity contribution is 0.591. The van der Waals surface area contributed by atoms with Gasteiger partial charge in [-0.15, -0.1) is 11.8 Å². The van der Waals surface area contributed by atoms with Crippen LogP contribution in [0.1, 0.15) is 19.4 Å². The molecule has 2 heteroatoms. The van der Waals surface area contributed by atoms with E-state index in [2.05, 4.69) is 11.8 Å². The number of nitrogens with two attached hydrogens (primary N) is 1. The van der Waals surface area contributed by atoms with Crippen LogP contribution in [0.5, 0.6) is 0 Å². The molecule has 0 heterocycles. The highest BCUT2D eigenvalue weighted by atomic mass is 32.2. The van der Waals surface area contributed by atoms with Gasteiger partial charge in [0, 0.05) is 16.9 Å². The summed E-state index contributed by atoms with van der Waals surface area (Å²) < 4.78 is 0. The van der Waals surface area contributed by atoms with Gasteiger partial charge in [0.1, 0.15) is 0 Å². The first-order chi connectivity index (χ1) is 7.08. The zero-order chi connectivity index (χ0) is 11.1. The molecule has 0 unspecified atom stereocenters. The Bertz CT molecular complexity index is 340. The van der Waals surface area contributed by atoms with Gasteiger partial charge in [0.25, 0.3) is 0 Å². The number of hydrogen-bond donors (Lipinski definition) is 1. The van der Waals surface area contributed by atoms with Crippen molar-refractivity contribution in [1.29, 1.82) is 0 Å². The third kappa shape index (κ3) is 6.22. The molecule has 0 saturated carbocycles. The van der Waals surface area contributed by atoms with Crippen LogP contribution >= 0.6 is 11.8 Å². The Morgan fingerprint density at radius 1 is 1.27 bits per heavy atom. The fourth-order valence-electron chi connectivity index (χ4n) is 1.02. The Hall–Kier alpha value is -0.910. The summed E-state index contributed by atoms with van der Waals surface area (Å²) in [4.78, 5) is 0. The summed E-state index contributed by atoms with van der Waals surface area (Å²) in [6.07, 6.45) is 0. The van der Waals surface area contributed by atoms with Crippen molar-refractivity contribution in [1.82, 2.24) is 0 Å². The van der Waals surface area contributed by atoms with E-state index in [1.165, 1.54) is 0 Å². The molecule has 0 aliphatic heterocycles. The van der Waals surface area contributed by atoms with E-state index in [1.54, 1.807) is 11.8 Å². The number of thioether (sulfide) groups is 1. The third-order valence-corrected chi connectivity index (χ3v) is 2.95. The monoisotopic (exact) mass is 219 g/mol. The van der Waals surface area contributed by atoms with Crippen molar-refractivity contribution in [3.05, 3.63) is 35.9 Å². The number of rotatable bonds is 3. The van der Waals surface area contributed by atoms with E-state index >= 15 is 0 Å². The van der Waals surface area contributed by atoms with Crippen molar-refractivity contribution < 1.29 is 0 Å². The van der Waals surface area contributed by atoms with E-state index < -0.39 is 0 Å². The van der Waals surface area contributed by atoms with Crippen LogP contribution in [0.3, 0.4) is 0 Å². The molecule has 0 aromatic heterocycles. The second kappa shape index (κ2) is 5.85. The normalized spacial score (nSPS) is 10.6. The van der Waals surface area contributed by atoms with Crippen LogP contribution in [0.15, 0.2) is 30.3 Å². The van der Waals surface area contributed by atoms with Crippen LogP contribution in [0, 0.1) is 11.8 Å². The van der Waals surface area contributed by atoms with E-state index in [1.807, 2.05) is 44.2 Å². The smallest absolute Gasteiger partial charge is 0.0551 e. The summed E-state index contributed by atoms with van der Waals surface area (Å²) in [7, 11) is 0. The third-order valence-electron chi connectivity index (χ3n) is 1.65. The number of hydrogen-bond acceptors (Lipinski definition) is 2. The van der Waals surface area contributed by atoms with Crippen LogP contribution in [-0.4, -0.2) is 17.0 Å². The summed E-state index contributed by atoms with van der Waals surface area (Å²) in [6, 6.07) is 10.0. The van der Waals surface area contributed by atoms with Crippen molar-refractivity contribution in [2.45, 2.75) is 19.4 Å². The largest absolute Gasteiger partial charge is 0.325 e. The second-order valence-corrected chi connectivity index (χ2v) is 5.13. The highest BCUT2D eigenvalue weighted by Gasteiger charge is 2.08. The molecule has 0 aliphatic carbocycles. The van der Waals surface area contributed by atoms with Gasteiger partial charge in [0.15, 0.2) is 0 Å². The van der Waals surface area contributed by atoms with Gasteiger partial charge in [0.2, 0.25) is 0 Å². The second-order valence-electron chi connectivity index (χ2n) is 4.15. The molecule has 0 spiro atoms. The van der Waals surface area contributed by atoms with E-state index in [4.69, 9.17) is 5.73 Å². The Labute approximate surface area is 96.4 Å². The molecule has 1 rings (SSSR count). The van der Waals surface area contributed by atoms with Gasteiger partial charge in [-0.2, -0.15) is 0 Å². The molecule has 1 aromatic carbocycles. The first kappa shape index (κ1) is 12.2. The lowest BCUT2D eigenvalue weighted by Crippen LogP contribution is -2.34. The Kier molecular flexibility index (Phi) is 4.74. The zero-order valence-corrected chi connectivity index (χ0v) is 10.1. The van der Waals surface area contributed by atoms with E-state index in [-0.39, 0.29) is 5.54 Å². The molecule has 0 aliphatic rings. The van der Waals surface area contributed by atoms with Crippen LogP contribution < -0.4 is 5.73 Å². The fraction of sp³-hybridized carbons (Fsp3) is 0.385. The first-order valence-corrected chi connectivity index (χ1v) is 6.14. The lowest BCUT2D eigenvalue weighted by atomic mass is 10.1.